The second-order valence-corrected chi connectivity index (χ2v) is 9.30. The number of pyridine rings is 1. The Bertz CT molecular complexity index is 1170. The highest BCUT2D eigenvalue weighted by molar-refractivity contribution is 5.92. The van der Waals surface area contributed by atoms with Gasteiger partial charge in [-0.3, -0.25) is 9.89 Å². The van der Waals surface area contributed by atoms with Gasteiger partial charge < -0.3 is 19.9 Å². The van der Waals surface area contributed by atoms with Gasteiger partial charge in [-0.25, -0.2) is 9.97 Å². The van der Waals surface area contributed by atoms with Crippen LogP contribution in [0.1, 0.15) is 57.7 Å². The van der Waals surface area contributed by atoms with Crippen LogP contribution < -0.4 is 10.2 Å². The maximum atomic E-state index is 12.8. The molecule has 1 saturated carbocycles. The fourth-order valence-corrected chi connectivity index (χ4v) is 5.21. The third-order valence-corrected chi connectivity index (χ3v) is 7.15. The molecule has 32 heavy (non-hydrogen) atoms. The van der Waals surface area contributed by atoms with Gasteiger partial charge >= 0.3 is 0 Å². The molecule has 1 aliphatic heterocycles. The number of aliphatic hydroxyl groups excluding tert-OH is 1. The number of aliphatic hydroxyl groups is 1. The fraction of sp³-hybridized carbons (Fsp3) is 0.478. The number of amides is 1. The smallest absolute Gasteiger partial charge is 0.269 e. The number of nitrogens with one attached hydrogen (secondary N) is 2. The molecule has 1 amide bonds. The Labute approximate surface area is 185 Å². The summed E-state index contributed by atoms with van der Waals surface area (Å²) in [5.41, 5.74) is 4.90. The Kier molecular flexibility index (Phi) is 4.53. The Morgan fingerprint density at radius 2 is 2.16 bits per heavy atom. The number of imidazole rings is 1. The molecular formula is C23H27N7O2. The van der Waals surface area contributed by atoms with Gasteiger partial charge in [0.05, 0.1) is 36.1 Å². The standard InChI is InChI=1S/C23H27N7O2/c1-29-12-24-22-17(3-4-20(22)29)26-23(32)18-8-16(27-28-18)7-13-2-5-21(25-19(13)11-31)30-9-14-6-15(14)10-30/h2,5,8,12,14-15,17,31H,3-4,6-7,9-11H2,1H3,(H,26,32)(H,27,28)/t14?,15?,17-/m1/s1. The molecule has 0 aromatic carbocycles. The van der Waals surface area contributed by atoms with E-state index in [0.717, 1.165) is 60.5 Å². The number of aryl methyl sites for hydroxylation is 1. The summed E-state index contributed by atoms with van der Waals surface area (Å²) in [5.74, 6) is 2.42. The van der Waals surface area contributed by atoms with E-state index in [-0.39, 0.29) is 18.6 Å². The van der Waals surface area contributed by atoms with Crippen molar-refractivity contribution in [2.45, 2.75) is 38.3 Å². The maximum Gasteiger partial charge on any atom is 0.269 e. The highest BCUT2D eigenvalue weighted by Gasteiger charge is 2.45. The van der Waals surface area contributed by atoms with Gasteiger partial charge in [0.25, 0.3) is 5.91 Å². The van der Waals surface area contributed by atoms with E-state index >= 15 is 0 Å². The number of hydrogen-bond acceptors (Lipinski definition) is 6. The van der Waals surface area contributed by atoms with Crippen LogP contribution in [0.2, 0.25) is 0 Å². The lowest BCUT2D eigenvalue weighted by molar-refractivity contribution is 0.0931. The average Bonchev–Trinajstić information content (AvgIpc) is 3.27. The summed E-state index contributed by atoms with van der Waals surface area (Å²) in [6.45, 7) is 2.02. The van der Waals surface area contributed by atoms with Crippen molar-refractivity contribution < 1.29 is 9.90 Å². The monoisotopic (exact) mass is 433 g/mol. The fourth-order valence-electron chi connectivity index (χ4n) is 5.21. The number of carbonyl (C=O) groups is 1. The van der Waals surface area contributed by atoms with Crippen molar-refractivity contribution in [1.82, 2.24) is 30.0 Å². The average molecular weight is 434 g/mol. The van der Waals surface area contributed by atoms with Crippen LogP contribution in [0.15, 0.2) is 24.5 Å². The van der Waals surface area contributed by atoms with Gasteiger partial charge in [0.2, 0.25) is 0 Å². The van der Waals surface area contributed by atoms with Crippen LogP contribution in [0.25, 0.3) is 0 Å². The number of aromatic nitrogens is 5. The Balaban J connectivity index is 1.13. The van der Waals surface area contributed by atoms with Crippen molar-refractivity contribution in [3.05, 3.63) is 58.6 Å². The molecule has 4 heterocycles. The van der Waals surface area contributed by atoms with Crippen molar-refractivity contribution in [1.29, 1.82) is 0 Å². The van der Waals surface area contributed by atoms with Crippen molar-refractivity contribution >= 4 is 11.7 Å². The lowest BCUT2D eigenvalue weighted by atomic mass is 10.1. The van der Waals surface area contributed by atoms with Crippen molar-refractivity contribution in [2.75, 3.05) is 18.0 Å². The second-order valence-electron chi connectivity index (χ2n) is 9.30. The van der Waals surface area contributed by atoms with E-state index in [1.54, 1.807) is 12.4 Å². The SMILES string of the molecule is Cn1cnc2c1CC[C@H]2NC(=O)c1cc(Cc2ccc(N3CC4CC4C3)nc2CO)n[nH]1. The number of fused-ring (bicyclic) bond motifs is 2. The first kappa shape index (κ1) is 19.5. The first-order valence-electron chi connectivity index (χ1n) is 11.3. The summed E-state index contributed by atoms with van der Waals surface area (Å²) in [6.07, 6.45) is 5.42. The largest absolute Gasteiger partial charge is 0.390 e. The summed E-state index contributed by atoms with van der Waals surface area (Å²) in [4.78, 5) is 24.2. The molecular weight excluding hydrogens is 406 g/mol. The van der Waals surface area contributed by atoms with Gasteiger partial charge in [0, 0.05) is 32.3 Å². The van der Waals surface area contributed by atoms with Crippen molar-refractivity contribution in [3.8, 4) is 0 Å². The number of rotatable bonds is 6. The Morgan fingerprint density at radius 3 is 2.97 bits per heavy atom. The summed E-state index contributed by atoms with van der Waals surface area (Å²) in [7, 11) is 1.98. The minimum Gasteiger partial charge on any atom is -0.390 e. The van der Waals surface area contributed by atoms with E-state index in [1.807, 2.05) is 23.7 Å². The van der Waals surface area contributed by atoms with Crippen LogP contribution in [-0.2, 0) is 26.5 Å². The zero-order chi connectivity index (χ0) is 21.8. The number of hydrogen-bond donors (Lipinski definition) is 3. The van der Waals surface area contributed by atoms with Crippen LogP contribution in [0, 0.1) is 11.8 Å². The molecule has 3 aliphatic rings. The van der Waals surface area contributed by atoms with E-state index < -0.39 is 0 Å². The zero-order valence-electron chi connectivity index (χ0n) is 18.1. The van der Waals surface area contributed by atoms with Crippen LogP contribution in [0.3, 0.4) is 0 Å². The van der Waals surface area contributed by atoms with Crippen LogP contribution >= 0.6 is 0 Å². The van der Waals surface area contributed by atoms with Gasteiger partial charge in [0.1, 0.15) is 11.5 Å². The van der Waals surface area contributed by atoms with E-state index in [2.05, 4.69) is 25.4 Å². The van der Waals surface area contributed by atoms with Gasteiger partial charge in [-0.2, -0.15) is 5.10 Å². The molecule has 0 bridgehead atoms. The summed E-state index contributed by atoms with van der Waals surface area (Å²) in [6, 6.07) is 5.75. The summed E-state index contributed by atoms with van der Waals surface area (Å²) in [5, 5.41) is 20.1. The lowest BCUT2D eigenvalue weighted by Gasteiger charge is -2.20. The number of H-pyrrole nitrogens is 1. The quantitative estimate of drug-likeness (QED) is 0.543. The van der Waals surface area contributed by atoms with E-state index in [4.69, 9.17) is 4.98 Å². The second kappa shape index (κ2) is 7.44. The molecule has 3 aromatic rings. The molecule has 0 radical (unpaired) electrons. The number of anilines is 1. The Morgan fingerprint density at radius 1 is 1.31 bits per heavy atom. The minimum absolute atomic E-state index is 0.0696. The predicted molar refractivity (Wildman–Crippen MR) is 117 cm³/mol. The molecule has 2 aliphatic carbocycles. The van der Waals surface area contributed by atoms with Crippen LogP contribution in [0.4, 0.5) is 5.82 Å². The van der Waals surface area contributed by atoms with E-state index in [1.165, 1.54) is 12.1 Å². The lowest BCUT2D eigenvalue weighted by Crippen LogP contribution is -2.27. The summed E-state index contributed by atoms with van der Waals surface area (Å²) >= 11 is 0. The van der Waals surface area contributed by atoms with E-state index in [9.17, 15) is 9.90 Å². The predicted octanol–water partition coefficient (Wildman–Crippen LogP) is 1.49. The first-order chi connectivity index (χ1) is 15.6. The van der Waals surface area contributed by atoms with Gasteiger partial charge in [0.15, 0.2) is 0 Å². The number of carbonyl (C=O) groups excluding carboxylic acids is 1. The normalized spacial score (nSPS) is 23.3. The third-order valence-electron chi connectivity index (χ3n) is 7.15. The summed E-state index contributed by atoms with van der Waals surface area (Å²) < 4.78 is 2.01. The molecule has 3 aromatic heterocycles. The number of aromatic amines is 1. The first-order valence-corrected chi connectivity index (χ1v) is 11.3. The highest BCUT2D eigenvalue weighted by atomic mass is 16.3. The zero-order valence-corrected chi connectivity index (χ0v) is 18.1. The van der Waals surface area contributed by atoms with Gasteiger partial charge in [-0.1, -0.05) is 6.07 Å². The molecule has 0 spiro atoms. The minimum atomic E-state index is -0.185. The number of nitrogens with zero attached hydrogens (tertiary/aromatic N) is 5. The molecule has 1 saturated heterocycles. The maximum absolute atomic E-state index is 12.8. The van der Waals surface area contributed by atoms with Gasteiger partial charge in [-0.05, 0) is 48.8 Å². The molecule has 9 nitrogen and oxygen atoms in total. The highest BCUT2D eigenvalue weighted by Crippen LogP contribution is 2.46. The van der Waals surface area contributed by atoms with Gasteiger partial charge in [-0.15, -0.1) is 0 Å². The Hall–Kier alpha value is -3.20. The molecule has 2 unspecified atom stereocenters. The van der Waals surface area contributed by atoms with E-state index in [0.29, 0.717) is 17.8 Å². The van der Waals surface area contributed by atoms with Crippen molar-refractivity contribution in [3.63, 3.8) is 0 Å². The van der Waals surface area contributed by atoms with Crippen LogP contribution in [0.5, 0.6) is 0 Å². The molecule has 6 rings (SSSR count). The molecule has 3 N–H and O–H groups in total. The molecule has 2 fully saturated rings. The third kappa shape index (κ3) is 3.37. The number of piperidine rings is 1. The molecule has 9 heteroatoms. The molecule has 3 atom stereocenters. The topological polar surface area (TPSA) is 112 Å². The van der Waals surface area contributed by atoms with Crippen molar-refractivity contribution in [2.24, 2.45) is 18.9 Å². The van der Waals surface area contributed by atoms with Crippen LogP contribution in [-0.4, -0.2) is 48.8 Å². The molecule has 166 valence electrons.